The molecule has 0 aliphatic carbocycles. The number of hydrogen-bond acceptors (Lipinski definition) is 2. The number of rotatable bonds is 20. The van der Waals surface area contributed by atoms with Crippen LogP contribution in [-0.2, 0) is 0 Å². The maximum absolute atomic E-state index is 6.02. The van der Waals surface area contributed by atoms with Crippen LogP contribution in [0.2, 0.25) is 0 Å². The molecule has 0 bridgehead atoms. The van der Waals surface area contributed by atoms with Crippen molar-refractivity contribution in [1.29, 1.82) is 0 Å². The first-order chi connectivity index (χ1) is 14.7. The van der Waals surface area contributed by atoms with Crippen LogP contribution in [0, 0.1) is 0 Å². The first-order valence-electron chi connectivity index (χ1n) is 12.4. The lowest BCUT2D eigenvalue weighted by Gasteiger charge is -2.13. The minimum Gasteiger partial charge on any atom is -0.494 e. The van der Waals surface area contributed by atoms with Gasteiger partial charge in [0.05, 0.1) is 22.2 Å². The number of ether oxygens (including phenoxy) is 2. The lowest BCUT2D eigenvalue weighted by molar-refractivity contribution is 0.293. The van der Waals surface area contributed by atoms with Gasteiger partial charge in [-0.3, -0.25) is 0 Å². The van der Waals surface area contributed by atoms with E-state index in [1.807, 2.05) is 12.1 Å². The highest BCUT2D eigenvalue weighted by Gasteiger charge is 2.10. The fourth-order valence-electron chi connectivity index (χ4n) is 3.59. The molecular formula is C26H44Br2O2. The topological polar surface area (TPSA) is 18.5 Å². The Bertz CT molecular complexity index is 511. The van der Waals surface area contributed by atoms with Crippen molar-refractivity contribution < 1.29 is 9.47 Å². The van der Waals surface area contributed by atoms with Gasteiger partial charge in [-0.05, 0) is 56.8 Å². The SMILES string of the molecule is CCCCCCCCCCOc1cc(Br)c(OCCCCCCCCCC)c(Br)c1. The van der Waals surface area contributed by atoms with Gasteiger partial charge in [-0.2, -0.15) is 0 Å². The van der Waals surface area contributed by atoms with Crippen molar-refractivity contribution >= 4 is 31.9 Å². The second kappa shape index (κ2) is 19.5. The first kappa shape index (κ1) is 27.8. The summed E-state index contributed by atoms with van der Waals surface area (Å²) in [4.78, 5) is 0. The molecule has 0 saturated heterocycles. The van der Waals surface area contributed by atoms with E-state index in [-0.39, 0.29) is 0 Å². The second-order valence-corrected chi connectivity index (χ2v) is 10.1. The summed E-state index contributed by atoms with van der Waals surface area (Å²) in [5.74, 6) is 1.79. The first-order valence-corrected chi connectivity index (χ1v) is 14.0. The van der Waals surface area contributed by atoms with Gasteiger partial charge in [0.15, 0.2) is 0 Å². The molecular weight excluding hydrogens is 504 g/mol. The van der Waals surface area contributed by atoms with Gasteiger partial charge in [0.1, 0.15) is 11.5 Å². The summed E-state index contributed by atoms with van der Waals surface area (Å²) in [7, 11) is 0. The third kappa shape index (κ3) is 14.0. The van der Waals surface area contributed by atoms with Crippen LogP contribution in [-0.4, -0.2) is 13.2 Å². The molecule has 0 heterocycles. The maximum atomic E-state index is 6.02. The molecule has 0 N–H and O–H groups in total. The van der Waals surface area contributed by atoms with Gasteiger partial charge in [-0.1, -0.05) is 104 Å². The van der Waals surface area contributed by atoms with Crippen molar-refractivity contribution in [2.45, 2.75) is 117 Å². The Morgan fingerprint density at radius 3 is 1.33 bits per heavy atom. The Morgan fingerprint density at radius 2 is 0.900 bits per heavy atom. The van der Waals surface area contributed by atoms with E-state index in [0.717, 1.165) is 46.5 Å². The molecule has 0 amide bonds. The van der Waals surface area contributed by atoms with E-state index in [2.05, 4.69) is 45.7 Å². The molecule has 1 aromatic carbocycles. The summed E-state index contributed by atoms with van der Waals surface area (Å²) in [5.41, 5.74) is 0. The van der Waals surface area contributed by atoms with Gasteiger partial charge in [-0.15, -0.1) is 0 Å². The minimum atomic E-state index is 0.768. The van der Waals surface area contributed by atoms with E-state index in [1.165, 1.54) is 89.9 Å². The maximum Gasteiger partial charge on any atom is 0.147 e. The Hall–Kier alpha value is -0.220. The van der Waals surface area contributed by atoms with Crippen molar-refractivity contribution in [3.05, 3.63) is 21.1 Å². The Kier molecular flexibility index (Phi) is 18.0. The van der Waals surface area contributed by atoms with Crippen LogP contribution in [0.25, 0.3) is 0 Å². The van der Waals surface area contributed by atoms with Crippen molar-refractivity contribution in [3.8, 4) is 11.5 Å². The molecule has 0 saturated carbocycles. The van der Waals surface area contributed by atoms with Crippen molar-refractivity contribution in [1.82, 2.24) is 0 Å². The number of unbranched alkanes of at least 4 members (excludes halogenated alkanes) is 14. The fraction of sp³-hybridized carbons (Fsp3) is 0.769. The third-order valence-electron chi connectivity index (χ3n) is 5.48. The summed E-state index contributed by atoms with van der Waals surface area (Å²) >= 11 is 7.29. The van der Waals surface area contributed by atoms with Crippen LogP contribution >= 0.6 is 31.9 Å². The fourth-order valence-corrected chi connectivity index (χ4v) is 4.97. The van der Waals surface area contributed by atoms with Gasteiger partial charge >= 0.3 is 0 Å². The molecule has 0 aliphatic heterocycles. The molecule has 0 aliphatic rings. The minimum absolute atomic E-state index is 0.768. The predicted molar refractivity (Wildman–Crippen MR) is 138 cm³/mol. The van der Waals surface area contributed by atoms with Crippen molar-refractivity contribution in [2.24, 2.45) is 0 Å². The summed E-state index contributed by atoms with van der Waals surface area (Å²) in [5, 5.41) is 0. The highest BCUT2D eigenvalue weighted by atomic mass is 79.9. The third-order valence-corrected chi connectivity index (χ3v) is 6.66. The zero-order valence-corrected chi connectivity index (χ0v) is 22.6. The Morgan fingerprint density at radius 1 is 0.533 bits per heavy atom. The molecule has 0 spiro atoms. The van der Waals surface area contributed by atoms with E-state index >= 15 is 0 Å². The monoisotopic (exact) mass is 546 g/mol. The van der Waals surface area contributed by atoms with E-state index in [0.29, 0.717) is 0 Å². The molecule has 30 heavy (non-hydrogen) atoms. The molecule has 1 aromatic rings. The van der Waals surface area contributed by atoms with Crippen LogP contribution in [0.5, 0.6) is 11.5 Å². The van der Waals surface area contributed by atoms with Crippen molar-refractivity contribution in [2.75, 3.05) is 13.2 Å². The lowest BCUT2D eigenvalue weighted by atomic mass is 10.1. The van der Waals surface area contributed by atoms with Gasteiger partial charge < -0.3 is 9.47 Å². The Balaban J connectivity index is 2.15. The molecule has 0 radical (unpaired) electrons. The summed E-state index contributed by atoms with van der Waals surface area (Å²) in [6.45, 7) is 6.09. The van der Waals surface area contributed by atoms with Gasteiger partial charge in [-0.25, -0.2) is 0 Å². The largest absolute Gasteiger partial charge is 0.494 e. The van der Waals surface area contributed by atoms with Crippen LogP contribution in [0.1, 0.15) is 117 Å². The molecule has 0 unspecified atom stereocenters. The average Bonchev–Trinajstić information content (AvgIpc) is 2.73. The highest BCUT2D eigenvalue weighted by Crippen LogP contribution is 2.37. The predicted octanol–water partition coefficient (Wildman–Crippen LogP) is 10.3. The number of halogens is 2. The zero-order chi connectivity index (χ0) is 21.9. The smallest absolute Gasteiger partial charge is 0.147 e. The molecule has 4 heteroatoms. The van der Waals surface area contributed by atoms with Crippen LogP contribution in [0.15, 0.2) is 21.1 Å². The van der Waals surface area contributed by atoms with Gasteiger partial charge in [0.25, 0.3) is 0 Å². The van der Waals surface area contributed by atoms with E-state index in [1.54, 1.807) is 0 Å². The molecule has 1 rings (SSSR count). The normalized spacial score (nSPS) is 11.1. The van der Waals surface area contributed by atoms with Crippen LogP contribution in [0.3, 0.4) is 0 Å². The number of hydrogen-bond donors (Lipinski definition) is 0. The Labute approximate surface area is 203 Å². The van der Waals surface area contributed by atoms with Crippen molar-refractivity contribution in [3.63, 3.8) is 0 Å². The summed E-state index contributed by atoms with van der Waals surface area (Å²) in [6, 6.07) is 4.05. The standard InChI is InChI=1S/C26H44Br2O2/c1-3-5-7-9-11-13-15-17-19-29-23-21-24(27)26(25(28)22-23)30-20-18-16-14-12-10-8-6-4-2/h21-22H,3-20H2,1-2H3. The molecule has 0 fully saturated rings. The quantitative estimate of drug-likeness (QED) is 0.151. The summed E-state index contributed by atoms with van der Waals surface area (Å²) < 4.78 is 13.9. The molecule has 0 aromatic heterocycles. The summed E-state index contributed by atoms with van der Waals surface area (Å²) in [6.07, 6.45) is 21.1. The average molecular weight is 548 g/mol. The second-order valence-electron chi connectivity index (χ2n) is 8.36. The van der Waals surface area contributed by atoms with E-state index < -0.39 is 0 Å². The van der Waals surface area contributed by atoms with Gasteiger partial charge in [0, 0.05) is 0 Å². The molecule has 174 valence electrons. The van der Waals surface area contributed by atoms with Crippen LogP contribution in [0.4, 0.5) is 0 Å². The molecule has 2 nitrogen and oxygen atoms in total. The van der Waals surface area contributed by atoms with Crippen LogP contribution < -0.4 is 9.47 Å². The number of benzene rings is 1. The van der Waals surface area contributed by atoms with E-state index in [4.69, 9.17) is 9.47 Å². The van der Waals surface area contributed by atoms with E-state index in [9.17, 15) is 0 Å². The highest BCUT2D eigenvalue weighted by molar-refractivity contribution is 9.11. The zero-order valence-electron chi connectivity index (χ0n) is 19.5. The van der Waals surface area contributed by atoms with Gasteiger partial charge in [0.2, 0.25) is 0 Å². The molecule has 0 atom stereocenters. The lowest BCUT2D eigenvalue weighted by Crippen LogP contribution is -2.01.